The van der Waals surface area contributed by atoms with Gasteiger partial charge in [0, 0.05) is 18.0 Å². The lowest BCUT2D eigenvalue weighted by Gasteiger charge is -2.63. The van der Waals surface area contributed by atoms with E-state index in [1.807, 2.05) is 0 Å². The Morgan fingerprint density at radius 3 is 2.70 bits per heavy atom. The fraction of sp³-hybridized carbons (Fsp3) is 0.833. The van der Waals surface area contributed by atoms with E-state index < -0.39 is 11.8 Å². The number of ether oxygens (including phenoxy) is 3. The summed E-state index contributed by atoms with van der Waals surface area (Å²) in [4.78, 5) is 26.5. The Morgan fingerprint density at radius 1 is 1.14 bits per heavy atom. The fourth-order valence-electron chi connectivity index (χ4n) is 9.59. The zero-order chi connectivity index (χ0) is 25.8. The monoisotopic (exact) mass is 514 g/mol. The number of rotatable bonds is 5. The highest BCUT2D eigenvalue weighted by Gasteiger charge is 2.67. The number of cyclic esters (lactones) is 1. The average molecular weight is 515 g/mol. The van der Waals surface area contributed by atoms with E-state index in [0.717, 1.165) is 70.2 Å². The smallest absolute Gasteiger partial charge is 0.458 e. The van der Waals surface area contributed by atoms with Crippen LogP contribution >= 0.6 is 0 Å². The summed E-state index contributed by atoms with van der Waals surface area (Å²) in [5.41, 5.74) is 0.194. The van der Waals surface area contributed by atoms with Gasteiger partial charge in [0.2, 0.25) is 0 Å². The highest BCUT2D eigenvalue weighted by molar-refractivity contribution is 5.85. The van der Waals surface area contributed by atoms with Gasteiger partial charge in [-0.3, -0.25) is 4.90 Å². The normalized spacial score (nSPS) is 45.4. The molecule has 2 aliphatic heterocycles. The van der Waals surface area contributed by atoms with Gasteiger partial charge in [0.05, 0.1) is 5.60 Å². The lowest BCUT2D eigenvalue weighted by Crippen LogP contribution is -2.62. The van der Waals surface area contributed by atoms with Gasteiger partial charge >= 0.3 is 12.1 Å². The molecule has 6 rings (SSSR count). The van der Waals surface area contributed by atoms with Crippen LogP contribution in [-0.2, 0) is 19.0 Å². The molecule has 2 heterocycles. The van der Waals surface area contributed by atoms with Crippen LogP contribution in [0.1, 0.15) is 78.1 Å². The average Bonchev–Trinajstić information content (AvgIpc) is 3.59. The summed E-state index contributed by atoms with van der Waals surface area (Å²) in [6.45, 7) is 8.45. The Bertz CT molecular complexity index is 944. The first-order chi connectivity index (χ1) is 17.7. The molecule has 1 N–H and O–H groups in total. The predicted octanol–water partition coefficient (Wildman–Crippen LogP) is 4.68. The number of fused-ring (bicyclic) bond motifs is 5. The molecule has 0 unspecified atom stereocenters. The Labute approximate surface area is 221 Å². The summed E-state index contributed by atoms with van der Waals surface area (Å²) in [6, 6.07) is 0. The second-order valence-electron chi connectivity index (χ2n) is 13.3. The van der Waals surface area contributed by atoms with Crippen molar-refractivity contribution in [1.29, 1.82) is 0 Å². The zero-order valence-electron chi connectivity index (χ0n) is 22.6. The standard InChI is InChI=1S/C30H44NO6/c1-28-10-7-22(37-27(33)35-16-15-31-13-3-4-14-31)18-21(28)5-6-25-24(28)8-11-29(2)23(9-12-30(25,29)34)20-17-26(32)36-19-20/h9,17,21-25,34H,3-8,10-16,18-19H2,1-2H3/t21-,22+,23-,24+,25-,28+,29-,30+/m1/s1. The first-order valence-corrected chi connectivity index (χ1v) is 14.7. The minimum Gasteiger partial charge on any atom is -0.458 e. The molecule has 205 valence electrons. The van der Waals surface area contributed by atoms with Crippen LogP contribution in [-0.4, -0.2) is 66.7 Å². The van der Waals surface area contributed by atoms with Gasteiger partial charge in [-0.15, -0.1) is 0 Å². The van der Waals surface area contributed by atoms with E-state index in [4.69, 9.17) is 14.2 Å². The molecule has 0 aromatic heterocycles. The number of hydrogen-bond acceptors (Lipinski definition) is 7. The molecular formula is C30H44NO6. The number of likely N-dealkylation sites (tertiary alicyclic amines) is 1. The first kappa shape index (κ1) is 25.7. The molecular weight excluding hydrogens is 470 g/mol. The minimum atomic E-state index is -0.743. The van der Waals surface area contributed by atoms with E-state index >= 15 is 0 Å². The van der Waals surface area contributed by atoms with Gasteiger partial charge in [-0.2, -0.15) is 0 Å². The minimum absolute atomic E-state index is 0.0677. The molecule has 37 heavy (non-hydrogen) atoms. The lowest BCUT2D eigenvalue weighted by atomic mass is 9.43. The molecule has 0 amide bonds. The van der Waals surface area contributed by atoms with E-state index in [2.05, 4.69) is 25.2 Å². The Kier molecular flexibility index (Phi) is 6.62. The van der Waals surface area contributed by atoms with Gasteiger partial charge < -0.3 is 19.3 Å². The maximum Gasteiger partial charge on any atom is 0.508 e. The van der Waals surface area contributed by atoms with Crippen LogP contribution in [0.5, 0.6) is 0 Å². The number of nitrogens with zero attached hydrogens (tertiary/aromatic N) is 1. The SMILES string of the molecule is C[C@]12CC[C@H](OC(=O)OCCN3CCCC3)C[C@H]1CC[C@@H]1[C@@H]2CC[C@]2(C)[C@@H](C3=CC(=O)OC3)[CH]C[C@]12O. The van der Waals surface area contributed by atoms with Crippen LogP contribution < -0.4 is 0 Å². The molecule has 4 saturated carbocycles. The molecule has 0 aromatic carbocycles. The molecule has 0 bridgehead atoms. The van der Waals surface area contributed by atoms with Crippen molar-refractivity contribution in [2.75, 3.05) is 32.8 Å². The maximum atomic E-state index is 12.4. The van der Waals surface area contributed by atoms with Crippen molar-refractivity contribution in [1.82, 2.24) is 4.90 Å². The van der Waals surface area contributed by atoms with Crippen molar-refractivity contribution in [3.8, 4) is 0 Å². The second kappa shape index (κ2) is 9.55. The fourth-order valence-corrected chi connectivity index (χ4v) is 9.59. The third-order valence-electron chi connectivity index (χ3n) is 11.7. The molecule has 0 aromatic rings. The number of carbonyl (C=O) groups is 2. The molecule has 1 saturated heterocycles. The number of aliphatic hydroxyl groups is 1. The summed E-state index contributed by atoms with van der Waals surface area (Å²) in [5.74, 6) is 1.10. The Hall–Kier alpha value is -1.60. The highest BCUT2D eigenvalue weighted by Crippen LogP contribution is 2.69. The van der Waals surface area contributed by atoms with Crippen molar-refractivity contribution >= 4 is 12.1 Å². The van der Waals surface area contributed by atoms with Gasteiger partial charge in [-0.1, -0.05) is 13.8 Å². The highest BCUT2D eigenvalue weighted by atomic mass is 16.7. The quantitative estimate of drug-likeness (QED) is 0.534. The summed E-state index contributed by atoms with van der Waals surface area (Å²) < 4.78 is 16.4. The van der Waals surface area contributed by atoms with Crippen molar-refractivity contribution in [2.24, 2.45) is 34.5 Å². The van der Waals surface area contributed by atoms with Crippen molar-refractivity contribution in [2.45, 2.75) is 89.8 Å². The summed E-state index contributed by atoms with van der Waals surface area (Å²) >= 11 is 0. The second-order valence-corrected chi connectivity index (χ2v) is 13.3. The van der Waals surface area contributed by atoms with Crippen LogP contribution in [0.25, 0.3) is 0 Å². The lowest BCUT2D eigenvalue weighted by molar-refractivity contribution is -0.208. The van der Waals surface area contributed by atoms with E-state index in [-0.39, 0.29) is 34.7 Å². The topological polar surface area (TPSA) is 85.3 Å². The Balaban J connectivity index is 1.08. The molecule has 4 aliphatic carbocycles. The van der Waals surface area contributed by atoms with Gasteiger partial charge in [0.15, 0.2) is 0 Å². The zero-order valence-corrected chi connectivity index (χ0v) is 22.6. The molecule has 1 radical (unpaired) electrons. The van der Waals surface area contributed by atoms with Crippen molar-refractivity contribution in [3.63, 3.8) is 0 Å². The molecule has 6 aliphatic rings. The molecule has 0 spiro atoms. The van der Waals surface area contributed by atoms with Crippen molar-refractivity contribution < 1.29 is 28.9 Å². The van der Waals surface area contributed by atoms with Gasteiger partial charge in [0.25, 0.3) is 0 Å². The van der Waals surface area contributed by atoms with Crippen LogP contribution in [0, 0.1) is 40.9 Å². The number of esters is 1. The van der Waals surface area contributed by atoms with Crippen molar-refractivity contribution in [3.05, 3.63) is 18.1 Å². The van der Waals surface area contributed by atoms with E-state index in [9.17, 15) is 14.7 Å². The molecule has 8 atom stereocenters. The summed E-state index contributed by atoms with van der Waals surface area (Å²) in [6.07, 6.45) is 13.4. The maximum absolute atomic E-state index is 12.4. The van der Waals surface area contributed by atoms with Crippen LogP contribution in [0.2, 0.25) is 0 Å². The van der Waals surface area contributed by atoms with Crippen LogP contribution in [0.4, 0.5) is 4.79 Å². The largest absolute Gasteiger partial charge is 0.508 e. The number of carbonyl (C=O) groups excluding carboxylic acids is 2. The third-order valence-corrected chi connectivity index (χ3v) is 11.7. The predicted molar refractivity (Wildman–Crippen MR) is 137 cm³/mol. The summed E-state index contributed by atoms with van der Waals surface area (Å²) in [5, 5.41) is 12.3. The van der Waals surface area contributed by atoms with Crippen LogP contribution in [0.15, 0.2) is 11.6 Å². The Morgan fingerprint density at radius 2 is 1.95 bits per heavy atom. The molecule has 7 nitrogen and oxygen atoms in total. The van der Waals surface area contributed by atoms with Crippen LogP contribution in [0.3, 0.4) is 0 Å². The third kappa shape index (κ3) is 4.23. The van der Waals surface area contributed by atoms with Gasteiger partial charge in [-0.25, -0.2) is 9.59 Å². The van der Waals surface area contributed by atoms with E-state index in [1.165, 1.54) is 12.8 Å². The van der Waals surface area contributed by atoms with Gasteiger partial charge in [0.1, 0.15) is 19.3 Å². The molecule has 5 fully saturated rings. The first-order valence-electron chi connectivity index (χ1n) is 14.7. The molecule has 7 heteroatoms. The summed E-state index contributed by atoms with van der Waals surface area (Å²) in [7, 11) is 0. The van der Waals surface area contributed by atoms with E-state index in [0.29, 0.717) is 31.5 Å². The number of hydrogen-bond donors (Lipinski definition) is 1. The van der Waals surface area contributed by atoms with E-state index in [1.54, 1.807) is 6.08 Å². The van der Waals surface area contributed by atoms with Gasteiger partial charge in [-0.05, 0) is 118 Å².